The van der Waals surface area contributed by atoms with E-state index < -0.39 is 102 Å². The average molecular weight is 866 g/mol. The van der Waals surface area contributed by atoms with Crippen LogP contribution in [0.4, 0.5) is 0 Å². The number of carboxylic acids is 1. The lowest BCUT2D eigenvalue weighted by Gasteiger charge is -2.29. The molecule has 0 aliphatic carbocycles. The van der Waals surface area contributed by atoms with Gasteiger partial charge in [0, 0.05) is 18.8 Å². The maximum Gasteiger partial charge on any atom is 0.326 e. The molecule has 332 valence electrons. The molecule has 0 aliphatic rings. The summed E-state index contributed by atoms with van der Waals surface area (Å²) in [6.45, 7) is 5.87. The van der Waals surface area contributed by atoms with Crippen LogP contribution in [0.3, 0.4) is 0 Å². The second kappa shape index (κ2) is 27.9. The second-order valence-corrected chi connectivity index (χ2v) is 15.0. The molecule has 0 saturated carbocycles. The molecule has 0 bridgehead atoms. The number of hydrogen-bond donors (Lipinski definition) is 15. The minimum Gasteiger partial charge on any atom is -0.480 e. The van der Waals surface area contributed by atoms with Crippen LogP contribution >= 0.6 is 24.4 Å². The zero-order valence-electron chi connectivity index (χ0n) is 33.5. The summed E-state index contributed by atoms with van der Waals surface area (Å²) in [7, 11) is 0. The minimum atomic E-state index is -1.66. The van der Waals surface area contributed by atoms with Gasteiger partial charge in [0.2, 0.25) is 35.4 Å². The van der Waals surface area contributed by atoms with E-state index in [0.29, 0.717) is 12.2 Å². The standard InChI is InChI=1S/C33H63N13O10S2/c1-15(2)22(28(52)42-20(31(55)56)10-13-58-5)44-30(54)24(17(4)48)46-27(51)21(14-57)43-26(50)19(9-7-12-40-33(37)38)41-29(53)23(16(3)47)45-25(49)18(34)8-6-11-39-32(35)36/h15-24,47-48,57H,6-14,34H2,1-5H3,(H,41,53)(H,42,52)(H,43,50)(H,44,54)(H,45,49)(H,46,51)(H,55,56)(H4,35,36,39)(H4,37,38,40). The smallest absolute Gasteiger partial charge is 0.326 e. The molecule has 0 radical (unpaired) electrons. The number of aliphatic carboxylic acids is 1. The molecule has 0 aliphatic heterocycles. The van der Waals surface area contributed by atoms with Crippen LogP contribution in [-0.2, 0) is 33.6 Å². The molecule has 0 heterocycles. The van der Waals surface area contributed by atoms with Crippen LogP contribution in [-0.4, -0.2) is 154 Å². The van der Waals surface area contributed by atoms with Crippen molar-refractivity contribution in [2.45, 2.75) is 114 Å². The number of hydrogen-bond acceptors (Lipinski definition) is 14. The Labute approximate surface area is 347 Å². The molecule has 6 amide bonds. The summed E-state index contributed by atoms with van der Waals surface area (Å²) < 4.78 is 0. The van der Waals surface area contributed by atoms with Crippen LogP contribution in [0.15, 0.2) is 9.98 Å². The highest BCUT2D eigenvalue weighted by molar-refractivity contribution is 7.98. The van der Waals surface area contributed by atoms with E-state index in [1.165, 1.54) is 25.6 Å². The van der Waals surface area contributed by atoms with Gasteiger partial charge in [-0.1, -0.05) is 13.8 Å². The van der Waals surface area contributed by atoms with E-state index in [0.717, 1.165) is 0 Å². The van der Waals surface area contributed by atoms with Gasteiger partial charge in [-0.25, -0.2) is 4.79 Å². The molecule has 0 spiro atoms. The van der Waals surface area contributed by atoms with E-state index in [1.807, 2.05) is 0 Å². The van der Waals surface area contributed by atoms with Crippen molar-refractivity contribution in [3.63, 3.8) is 0 Å². The lowest BCUT2D eigenvalue weighted by Crippen LogP contribution is -2.62. The first-order valence-electron chi connectivity index (χ1n) is 18.4. The Morgan fingerprint density at radius 2 is 1.02 bits per heavy atom. The maximum atomic E-state index is 13.6. The summed E-state index contributed by atoms with van der Waals surface area (Å²) in [6.07, 6.45) is -0.566. The number of nitrogens with zero attached hydrogens (tertiary/aromatic N) is 2. The largest absolute Gasteiger partial charge is 0.480 e. The highest BCUT2D eigenvalue weighted by atomic mass is 32.2. The molecule has 9 atom stereocenters. The Hall–Kier alpha value is -4.59. The lowest BCUT2D eigenvalue weighted by molar-refractivity contribution is -0.142. The third-order valence-electron chi connectivity index (χ3n) is 8.30. The normalized spacial score (nSPS) is 15.7. The number of guanidine groups is 2. The fraction of sp³-hybridized carbons (Fsp3) is 0.727. The predicted molar refractivity (Wildman–Crippen MR) is 222 cm³/mol. The van der Waals surface area contributed by atoms with Crippen LogP contribution in [0.2, 0.25) is 0 Å². The Morgan fingerprint density at radius 3 is 1.47 bits per heavy atom. The summed E-state index contributed by atoms with van der Waals surface area (Å²) >= 11 is 5.54. The fourth-order valence-electron chi connectivity index (χ4n) is 5.01. The number of thiol groups is 1. The Bertz CT molecular complexity index is 1430. The van der Waals surface area contributed by atoms with Crippen LogP contribution in [0.25, 0.3) is 0 Å². The molecule has 0 saturated heterocycles. The van der Waals surface area contributed by atoms with Crippen molar-refractivity contribution in [2.75, 3.05) is 30.9 Å². The summed E-state index contributed by atoms with van der Waals surface area (Å²) in [5, 5.41) is 44.9. The average Bonchev–Trinajstić information content (AvgIpc) is 3.13. The molecule has 0 fully saturated rings. The van der Waals surface area contributed by atoms with Crippen molar-refractivity contribution < 1.29 is 48.9 Å². The maximum absolute atomic E-state index is 13.6. The van der Waals surface area contributed by atoms with Crippen molar-refractivity contribution in [1.82, 2.24) is 31.9 Å². The second-order valence-electron chi connectivity index (χ2n) is 13.7. The van der Waals surface area contributed by atoms with Crippen LogP contribution in [0, 0.1) is 5.92 Å². The third-order valence-corrected chi connectivity index (χ3v) is 9.30. The first kappa shape index (κ1) is 53.4. The van der Waals surface area contributed by atoms with Gasteiger partial charge >= 0.3 is 5.97 Å². The van der Waals surface area contributed by atoms with E-state index in [-0.39, 0.29) is 56.4 Å². The molecule has 19 N–H and O–H groups in total. The summed E-state index contributed by atoms with van der Waals surface area (Å²) in [4.78, 5) is 99.0. The zero-order chi connectivity index (χ0) is 44.7. The van der Waals surface area contributed by atoms with E-state index in [9.17, 15) is 48.9 Å². The van der Waals surface area contributed by atoms with Gasteiger partial charge < -0.3 is 75.9 Å². The SMILES string of the molecule is CSCCC(NC(=O)C(NC(=O)C(NC(=O)C(CS)NC(=O)C(CCCN=C(N)N)NC(=O)C(NC(=O)C(N)CCCN=C(N)N)C(C)O)C(C)O)C(C)C)C(=O)O. The highest BCUT2D eigenvalue weighted by Gasteiger charge is 2.36. The molecular formula is C33H63N13O10S2. The Balaban J connectivity index is 6.06. The topological polar surface area (TPSA) is 407 Å². The quantitative estimate of drug-likeness (QED) is 0.0151. The minimum absolute atomic E-state index is 0.0408. The van der Waals surface area contributed by atoms with Gasteiger partial charge in [-0.3, -0.25) is 38.8 Å². The van der Waals surface area contributed by atoms with E-state index in [1.54, 1.807) is 20.1 Å². The van der Waals surface area contributed by atoms with Gasteiger partial charge in [-0.05, 0) is 63.9 Å². The van der Waals surface area contributed by atoms with E-state index in [4.69, 9.17) is 28.7 Å². The van der Waals surface area contributed by atoms with Gasteiger partial charge in [0.15, 0.2) is 11.9 Å². The Kier molecular flexibility index (Phi) is 25.7. The van der Waals surface area contributed by atoms with Gasteiger partial charge in [0.25, 0.3) is 0 Å². The molecule has 9 unspecified atom stereocenters. The highest BCUT2D eigenvalue weighted by Crippen LogP contribution is 2.09. The van der Waals surface area contributed by atoms with Crippen molar-refractivity contribution in [2.24, 2.45) is 44.6 Å². The number of nitrogens with two attached hydrogens (primary N) is 5. The van der Waals surface area contributed by atoms with Crippen LogP contribution in [0.1, 0.15) is 59.8 Å². The molecule has 0 aromatic rings. The number of carbonyl (C=O) groups is 7. The van der Waals surface area contributed by atoms with E-state index >= 15 is 0 Å². The number of aliphatic hydroxyl groups excluding tert-OH is 2. The van der Waals surface area contributed by atoms with Crippen molar-refractivity contribution in [3.8, 4) is 0 Å². The molecule has 0 aromatic carbocycles. The van der Waals surface area contributed by atoms with E-state index in [2.05, 4.69) is 54.5 Å². The van der Waals surface area contributed by atoms with Gasteiger partial charge in [-0.2, -0.15) is 24.4 Å². The summed E-state index contributed by atoms with van der Waals surface area (Å²) in [5.41, 5.74) is 27.3. The lowest BCUT2D eigenvalue weighted by atomic mass is 10.0. The number of rotatable bonds is 28. The number of carbonyl (C=O) groups excluding carboxylic acids is 6. The number of aliphatic hydroxyl groups is 2. The molecule has 23 nitrogen and oxygen atoms in total. The number of nitrogens with one attached hydrogen (secondary N) is 6. The summed E-state index contributed by atoms with van der Waals surface area (Å²) in [5.74, 6) is -7.48. The van der Waals surface area contributed by atoms with Gasteiger partial charge in [0.05, 0.1) is 18.2 Å². The molecule has 25 heteroatoms. The number of amides is 6. The summed E-state index contributed by atoms with van der Waals surface area (Å²) in [6, 6.07) is -9.65. The first-order chi connectivity index (χ1) is 27.1. The molecule has 58 heavy (non-hydrogen) atoms. The van der Waals surface area contributed by atoms with Crippen molar-refractivity contribution >= 4 is 77.7 Å². The number of aliphatic imine (C=N–C) groups is 2. The van der Waals surface area contributed by atoms with Crippen LogP contribution in [0.5, 0.6) is 0 Å². The predicted octanol–water partition coefficient (Wildman–Crippen LogP) is -5.49. The third kappa shape index (κ3) is 20.7. The van der Waals surface area contributed by atoms with Crippen molar-refractivity contribution in [1.29, 1.82) is 0 Å². The monoisotopic (exact) mass is 865 g/mol. The number of thioether (sulfide) groups is 1. The zero-order valence-corrected chi connectivity index (χ0v) is 35.2. The first-order valence-corrected chi connectivity index (χ1v) is 20.5. The van der Waals surface area contributed by atoms with Crippen molar-refractivity contribution in [3.05, 3.63) is 0 Å². The molecular weight excluding hydrogens is 803 g/mol. The molecule has 0 aromatic heterocycles. The van der Waals surface area contributed by atoms with Gasteiger partial charge in [-0.15, -0.1) is 0 Å². The fourth-order valence-corrected chi connectivity index (χ4v) is 5.74. The molecule has 0 rings (SSSR count). The number of carboxylic acid groups (broad SMARTS) is 1. The Morgan fingerprint density at radius 1 is 0.603 bits per heavy atom. The van der Waals surface area contributed by atoms with Crippen LogP contribution < -0.4 is 60.6 Å². The van der Waals surface area contributed by atoms with Gasteiger partial charge in [0.1, 0.15) is 36.3 Å².